The minimum Gasteiger partial charge on any atom is -0.462 e. The maximum Gasteiger partial charge on any atom is 0.341 e. The topological polar surface area (TPSA) is 69.4 Å². The molecule has 0 atom stereocenters. The smallest absolute Gasteiger partial charge is 0.341 e. The summed E-state index contributed by atoms with van der Waals surface area (Å²) in [5.41, 5.74) is 9.05. The van der Waals surface area contributed by atoms with Crippen LogP contribution >= 0.6 is 11.3 Å². The van der Waals surface area contributed by atoms with Gasteiger partial charge in [-0.1, -0.05) is 60.2 Å². The number of benzene rings is 2. The van der Waals surface area contributed by atoms with E-state index in [2.05, 4.69) is 0 Å². The number of carbonyl (C=O) groups excluding carboxylic acids is 2. The lowest BCUT2D eigenvalue weighted by molar-refractivity contribution is 0.0525. The van der Waals surface area contributed by atoms with Crippen molar-refractivity contribution in [1.82, 2.24) is 0 Å². The monoisotopic (exact) mass is 365 g/mol. The van der Waals surface area contributed by atoms with E-state index in [-0.39, 0.29) is 18.0 Å². The molecule has 3 aromatic rings. The fraction of sp³-hybridized carbons (Fsp3) is 0.143. The number of ketones is 1. The minimum atomic E-state index is -0.570. The van der Waals surface area contributed by atoms with E-state index in [0.717, 1.165) is 11.1 Å². The average molecular weight is 365 g/mol. The van der Waals surface area contributed by atoms with Gasteiger partial charge in [-0.3, -0.25) is 4.79 Å². The highest BCUT2D eigenvalue weighted by atomic mass is 32.1. The number of thiophene rings is 1. The number of nitrogens with two attached hydrogens (primary N) is 1. The summed E-state index contributed by atoms with van der Waals surface area (Å²) < 4.78 is 5.14. The Morgan fingerprint density at radius 3 is 2.27 bits per heavy atom. The fourth-order valence-electron chi connectivity index (χ4n) is 2.71. The Labute approximate surface area is 156 Å². The van der Waals surface area contributed by atoms with Crippen LogP contribution in [0.5, 0.6) is 0 Å². The van der Waals surface area contributed by atoms with Crippen LogP contribution in [0.1, 0.15) is 38.8 Å². The maximum absolute atomic E-state index is 13.2. The van der Waals surface area contributed by atoms with Crippen molar-refractivity contribution in [3.8, 4) is 10.4 Å². The molecule has 1 aromatic heterocycles. The summed E-state index contributed by atoms with van der Waals surface area (Å²) in [6.45, 7) is 3.93. The van der Waals surface area contributed by atoms with Gasteiger partial charge in [0.2, 0.25) is 0 Å². The van der Waals surface area contributed by atoms with E-state index in [1.807, 2.05) is 37.3 Å². The third-order valence-electron chi connectivity index (χ3n) is 3.99. The number of carbonyl (C=O) groups is 2. The first kappa shape index (κ1) is 17.9. The van der Waals surface area contributed by atoms with Crippen LogP contribution in [0.4, 0.5) is 5.00 Å². The molecule has 0 saturated heterocycles. The van der Waals surface area contributed by atoms with Crippen LogP contribution in [0.3, 0.4) is 0 Å². The van der Waals surface area contributed by atoms with Crippen LogP contribution in [0, 0.1) is 6.92 Å². The molecular formula is C21H19NO3S. The van der Waals surface area contributed by atoms with Crippen LogP contribution in [0.25, 0.3) is 10.4 Å². The Hall–Kier alpha value is -2.92. The van der Waals surface area contributed by atoms with Crippen molar-refractivity contribution in [2.24, 2.45) is 0 Å². The van der Waals surface area contributed by atoms with Gasteiger partial charge in [0.05, 0.1) is 12.2 Å². The molecule has 4 nitrogen and oxygen atoms in total. The van der Waals surface area contributed by atoms with Crippen LogP contribution in [-0.4, -0.2) is 18.4 Å². The number of aryl methyl sites for hydroxylation is 1. The van der Waals surface area contributed by atoms with E-state index in [1.54, 1.807) is 31.2 Å². The van der Waals surface area contributed by atoms with Gasteiger partial charge in [0.15, 0.2) is 5.78 Å². The molecule has 0 fully saturated rings. The second-order valence-corrected chi connectivity index (χ2v) is 6.88. The lowest BCUT2D eigenvalue weighted by atomic mass is 9.96. The van der Waals surface area contributed by atoms with Crippen molar-refractivity contribution in [2.45, 2.75) is 13.8 Å². The van der Waals surface area contributed by atoms with Crippen LogP contribution < -0.4 is 5.73 Å². The largest absolute Gasteiger partial charge is 0.462 e. The number of hydrogen-bond acceptors (Lipinski definition) is 5. The van der Waals surface area contributed by atoms with Gasteiger partial charge in [-0.05, 0) is 19.4 Å². The summed E-state index contributed by atoms with van der Waals surface area (Å²) in [5, 5.41) is 0.290. The van der Waals surface area contributed by atoms with Crippen molar-refractivity contribution in [3.63, 3.8) is 0 Å². The standard InChI is InChI=1S/C21H19NO3S/c1-3-25-21(24)17-16(18(23)14-7-5-4-6-8-14)19(26-20(17)22)15-11-9-13(2)10-12-15/h4-12H,3,22H2,1-2H3. The molecule has 26 heavy (non-hydrogen) atoms. The zero-order chi connectivity index (χ0) is 18.7. The van der Waals surface area contributed by atoms with E-state index >= 15 is 0 Å². The van der Waals surface area contributed by atoms with Crippen molar-refractivity contribution in [3.05, 3.63) is 76.9 Å². The quantitative estimate of drug-likeness (QED) is 0.525. The maximum atomic E-state index is 13.2. The molecule has 0 aliphatic heterocycles. The predicted octanol–water partition coefficient (Wildman–Crippen LogP) is 4.71. The number of hydrogen-bond donors (Lipinski definition) is 1. The van der Waals surface area contributed by atoms with E-state index in [4.69, 9.17) is 10.5 Å². The molecule has 0 aliphatic carbocycles. The van der Waals surface area contributed by atoms with E-state index < -0.39 is 5.97 Å². The molecule has 2 N–H and O–H groups in total. The molecule has 0 radical (unpaired) electrons. The van der Waals surface area contributed by atoms with Gasteiger partial charge >= 0.3 is 5.97 Å². The first-order valence-corrected chi connectivity index (χ1v) is 9.10. The number of rotatable bonds is 5. The summed E-state index contributed by atoms with van der Waals surface area (Å²) in [5.74, 6) is -0.809. The Balaban J connectivity index is 2.22. The van der Waals surface area contributed by atoms with E-state index in [1.165, 1.54) is 11.3 Å². The molecule has 5 heteroatoms. The summed E-state index contributed by atoms with van der Waals surface area (Å²) in [4.78, 5) is 26.3. The molecule has 1 heterocycles. The molecule has 0 unspecified atom stereocenters. The van der Waals surface area contributed by atoms with Gasteiger partial charge < -0.3 is 10.5 Å². The Bertz CT molecular complexity index is 943. The lowest BCUT2D eigenvalue weighted by Crippen LogP contribution is -2.13. The molecule has 0 spiro atoms. The zero-order valence-electron chi connectivity index (χ0n) is 14.6. The molecule has 132 valence electrons. The number of esters is 1. The predicted molar refractivity (Wildman–Crippen MR) is 105 cm³/mol. The number of ether oxygens (including phenoxy) is 1. The first-order valence-electron chi connectivity index (χ1n) is 8.29. The molecule has 0 saturated carbocycles. The Morgan fingerprint density at radius 2 is 1.65 bits per heavy atom. The molecule has 3 rings (SSSR count). The highest BCUT2D eigenvalue weighted by Crippen LogP contribution is 2.40. The van der Waals surface area contributed by atoms with Crippen molar-refractivity contribution >= 4 is 28.1 Å². The highest BCUT2D eigenvalue weighted by Gasteiger charge is 2.29. The average Bonchev–Trinajstić information content (AvgIpc) is 3.00. The second-order valence-electron chi connectivity index (χ2n) is 5.83. The molecular weight excluding hydrogens is 346 g/mol. The summed E-state index contributed by atoms with van der Waals surface area (Å²) in [6, 6.07) is 16.7. The molecule has 2 aromatic carbocycles. The van der Waals surface area contributed by atoms with Crippen LogP contribution in [-0.2, 0) is 4.74 Å². The Kier molecular flexibility index (Phi) is 5.19. The normalized spacial score (nSPS) is 10.5. The minimum absolute atomic E-state index is 0.154. The van der Waals surface area contributed by atoms with Gasteiger partial charge in [-0.15, -0.1) is 11.3 Å². The van der Waals surface area contributed by atoms with Gasteiger partial charge in [0.25, 0.3) is 0 Å². The molecule has 0 amide bonds. The van der Waals surface area contributed by atoms with Crippen LogP contribution in [0.15, 0.2) is 54.6 Å². The summed E-state index contributed by atoms with van der Waals surface area (Å²) in [7, 11) is 0. The van der Waals surface area contributed by atoms with Gasteiger partial charge in [0.1, 0.15) is 10.6 Å². The van der Waals surface area contributed by atoms with Crippen molar-refractivity contribution in [2.75, 3.05) is 12.3 Å². The molecule has 0 aliphatic rings. The van der Waals surface area contributed by atoms with E-state index in [9.17, 15) is 9.59 Å². The number of nitrogen functional groups attached to an aromatic ring is 1. The highest BCUT2D eigenvalue weighted by molar-refractivity contribution is 7.20. The van der Waals surface area contributed by atoms with Gasteiger partial charge in [-0.2, -0.15) is 0 Å². The second kappa shape index (κ2) is 7.54. The zero-order valence-corrected chi connectivity index (χ0v) is 15.4. The molecule has 0 bridgehead atoms. The fourth-order valence-corrected chi connectivity index (χ4v) is 3.77. The van der Waals surface area contributed by atoms with Gasteiger partial charge in [0, 0.05) is 10.4 Å². The number of anilines is 1. The van der Waals surface area contributed by atoms with E-state index in [0.29, 0.717) is 21.0 Å². The third-order valence-corrected chi connectivity index (χ3v) is 5.06. The SMILES string of the molecule is CCOC(=O)c1c(N)sc(-c2ccc(C)cc2)c1C(=O)c1ccccc1. The van der Waals surface area contributed by atoms with Gasteiger partial charge in [-0.25, -0.2) is 4.79 Å². The summed E-state index contributed by atoms with van der Waals surface area (Å²) >= 11 is 1.23. The first-order chi connectivity index (χ1) is 12.5. The van der Waals surface area contributed by atoms with Crippen molar-refractivity contribution in [1.29, 1.82) is 0 Å². The Morgan fingerprint density at radius 1 is 1.00 bits per heavy atom. The lowest BCUT2D eigenvalue weighted by Gasteiger charge is -2.08. The third kappa shape index (κ3) is 3.39. The van der Waals surface area contributed by atoms with Crippen molar-refractivity contribution < 1.29 is 14.3 Å². The van der Waals surface area contributed by atoms with Crippen LogP contribution in [0.2, 0.25) is 0 Å². The summed E-state index contributed by atoms with van der Waals surface area (Å²) in [6.07, 6.45) is 0.